The van der Waals surface area contributed by atoms with Gasteiger partial charge in [-0.05, 0) is 64.1 Å². The van der Waals surface area contributed by atoms with Crippen molar-refractivity contribution in [3.63, 3.8) is 0 Å². The molecule has 108 valence electrons. The van der Waals surface area contributed by atoms with E-state index in [0.717, 1.165) is 31.9 Å². The number of hydrogen-bond acceptors (Lipinski definition) is 3. The third-order valence-electron chi connectivity index (χ3n) is 2.93. The molecular formula is C16H28N2O. The molecule has 0 spiro atoms. The highest BCUT2D eigenvalue weighted by atomic mass is 16.5. The Hall–Kier alpha value is -1.06. The number of nitrogens with one attached hydrogen (secondary N) is 1. The van der Waals surface area contributed by atoms with Gasteiger partial charge >= 0.3 is 0 Å². The van der Waals surface area contributed by atoms with E-state index < -0.39 is 0 Å². The quantitative estimate of drug-likeness (QED) is 0.658. The minimum absolute atomic E-state index is 0.795. The van der Waals surface area contributed by atoms with Crippen molar-refractivity contribution in [2.24, 2.45) is 0 Å². The second kappa shape index (κ2) is 9.82. The van der Waals surface area contributed by atoms with Crippen molar-refractivity contribution in [2.75, 3.05) is 33.8 Å². The molecule has 3 heteroatoms. The number of ether oxygens (including phenoxy) is 1. The first-order valence-corrected chi connectivity index (χ1v) is 7.29. The molecule has 1 aromatic carbocycles. The van der Waals surface area contributed by atoms with E-state index in [0.29, 0.717) is 0 Å². The molecule has 0 aromatic heterocycles. The predicted molar refractivity (Wildman–Crippen MR) is 81.7 cm³/mol. The molecule has 0 aliphatic rings. The Kier molecular flexibility index (Phi) is 8.26. The fraction of sp³-hybridized carbons (Fsp3) is 0.625. The second-order valence-corrected chi connectivity index (χ2v) is 5.18. The zero-order chi connectivity index (χ0) is 13.9. The van der Waals surface area contributed by atoms with Crippen LogP contribution in [0.2, 0.25) is 0 Å². The van der Waals surface area contributed by atoms with Crippen LogP contribution in [0.5, 0.6) is 5.75 Å². The van der Waals surface area contributed by atoms with E-state index in [9.17, 15) is 0 Å². The van der Waals surface area contributed by atoms with Crippen LogP contribution in [0.25, 0.3) is 0 Å². The molecule has 0 saturated heterocycles. The summed E-state index contributed by atoms with van der Waals surface area (Å²) in [5.74, 6) is 0.969. The van der Waals surface area contributed by atoms with Crippen LogP contribution in [-0.2, 0) is 6.54 Å². The summed E-state index contributed by atoms with van der Waals surface area (Å²) in [6.45, 7) is 6.11. The van der Waals surface area contributed by atoms with Crippen LogP contribution < -0.4 is 10.1 Å². The minimum Gasteiger partial charge on any atom is -0.494 e. The predicted octanol–water partition coefficient (Wildman–Crippen LogP) is 2.91. The summed E-state index contributed by atoms with van der Waals surface area (Å²) in [6.07, 6.45) is 3.54. The van der Waals surface area contributed by atoms with Crippen molar-refractivity contribution in [1.29, 1.82) is 0 Å². The molecule has 0 radical (unpaired) electrons. The summed E-state index contributed by atoms with van der Waals surface area (Å²) >= 11 is 0. The maximum absolute atomic E-state index is 5.57. The Morgan fingerprint density at radius 3 is 2.47 bits per heavy atom. The van der Waals surface area contributed by atoms with Gasteiger partial charge < -0.3 is 15.0 Å². The highest BCUT2D eigenvalue weighted by Gasteiger charge is 1.96. The maximum Gasteiger partial charge on any atom is 0.119 e. The zero-order valence-corrected chi connectivity index (χ0v) is 12.6. The van der Waals surface area contributed by atoms with Gasteiger partial charge in [0, 0.05) is 6.54 Å². The average molecular weight is 264 g/mol. The van der Waals surface area contributed by atoms with Crippen LogP contribution in [0, 0.1) is 0 Å². The molecule has 0 saturated carbocycles. The molecule has 0 unspecified atom stereocenters. The Bertz CT molecular complexity index is 322. The topological polar surface area (TPSA) is 24.5 Å². The number of nitrogens with zero attached hydrogens (tertiary/aromatic N) is 1. The van der Waals surface area contributed by atoms with Gasteiger partial charge in [-0.15, -0.1) is 0 Å². The van der Waals surface area contributed by atoms with Crippen molar-refractivity contribution in [3.8, 4) is 5.75 Å². The number of hydrogen-bond donors (Lipinski definition) is 1. The van der Waals surface area contributed by atoms with Gasteiger partial charge in [-0.1, -0.05) is 19.1 Å². The molecule has 0 amide bonds. The summed E-state index contributed by atoms with van der Waals surface area (Å²) in [6, 6.07) is 8.38. The van der Waals surface area contributed by atoms with E-state index in [1.54, 1.807) is 0 Å². The second-order valence-electron chi connectivity index (χ2n) is 5.18. The first kappa shape index (κ1) is 16.0. The summed E-state index contributed by atoms with van der Waals surface area (Å²) in [7, 11) is 4.24. The number of rotatable bonds is 10. The van der Waals surface area contributed by atoms with Crippen molar-refractivity contribution >= 4 is 0 Å². The van der Waals surface area contributed by atoms with Crippen LogP contribution in [0.15, 0.2) is 24.3 Å². The van der Waals surface area contributed by atoms with Gasteiger partial charge in [0.15, 0.2) is 0 Å². The van der Waals surface area contributed by atoms with E-state index in [1.165, 1.54) is 24.9 Å². The molecule has 1 aromatic rings. The van der Waals surface area contributed by atoms with E-state index in [4.69, 9.17) is 4.74 Å². The van der Waals surface area contributed by atoms with E-state index in [2.05, 4.69) is 55.5 Å². The lowest BCUT2D eigenvalue weighted by atomic mass is 10.2. The lowest BCUT2D eigenvalue weighted by Crippen LogP contribution is -2.18. The highest BCUT2D eigenvalue weighted by Crippen LogP contribution is 2.12. The molecule has 1 N–H and O–H groups in total. The molecule has 0 aliphatic carbocycles. The first-order valence-electron chi connectivity index (χ1n) is 7.29. The fourth-order valence-electron chi connectivity index (χ4n) is 1.83. The lowest BCUT2D eigenvalue weighted by Gasteiger charge is -2.10. The van der Waals surface area contributed by atoms with Crippen molar-refractivity contribution < 1.29 is 4.74 Å². The number of benzene rings is 1. The van der Waals surface area contributed by atoms with E-state index in [1.807, 2.05) is 0 Å². The summed E-state index contributed by atoms with van der Waals surface area (Å²) in [5.41, 5.74) is 1.32. The highest BCUT2D eigenvalue weighted by molar-refractivity contribution is 5.27. The van der Waals surface area contributed by atoms with Gasteiger partial charge in [0.2, 0.25) is 0 Å². The zero-order valence-electron chi connectivity index (χ0n) is 12.6. The molecule has 19 heavy (non-hydrogen) atoms. The Morgan fingerprint density at radius 2 is 1.84 bits per heavy atom. The van der Waals surface area contributed by atoms with Crippen LogP contribution in [0.3, 0.4) is 0 Å². The molecule has 3 nitrogen and oxygen atoms in total. The fourth-order valence-corrected chi connectivity index (χ4v) is 1.83. The van der Waals surface area contributed by atoms with Crippen LogP contribution in [0.1, 0.15) is 31.7 Å². The maximum atomic E-state index is 5.57. The standard InChI is InChI=1S/C16H28N2O/c1-4-13-19-16-9-7-15(8-10-16)14-17-11-5-6-12-18(2)3/h7-10,17H,4-6,11-14H2,1-3H3. The van der Waals surface area contributed by atoms with Crippen LogP contribution in [0.4, 0.5) is 0 Å². The van der Waals surface area contributed by atoms with Crippen molar-refractivity contribution in [2.45, 2.75) is 32.7 Å². The molecule has 0 aliphatic heterocycles. The van der Waals surface area contributed by atoms with E-state index >= 15 is 0 Å². The molecular weight excluding hydrogens is 236 g/mol. The van der Waals surface area contributed by atoms with Gasteiger partial charge in [-0.25, -0.2) is 0 Å². The summed E-state index contributed by atoms with van der Waals surface area (Å²) < 4.78 is 5.57. The molecule has 0 bridgehead atoms. The normalized spacial score (nSPS) is 10.9. The van der Waals surface area contributed by atoms with Gasteiger partial charge in [0.05, 0.1) is 6.61 Å². The third kappa shape index (κ3) is 7.85. The minimum atomic E-state index is 0.795. The number of unbranched alkanes of at least 4 members (excludes halogenated alkanes) is 1. The van der Waals surface area contributed by atoms with Crippen LogP contribution >= 0.6 is 0 Å². The van der Waals surface area contributed by atoms with E-state index in [-0.39, 0.29) is 0 Å². The molecule has 1 rings (SSSR count). The Balaban J connectivity index is 2.12. The van der Waals surface area contributed by atoms with Gasteiger partial charge in [-0.3, -0.25) is 0 Å². The van der Waals surface area contributed by atoms with Crippen molar-refractivity contribution in [3.05, 3.63) is 29.8 Å². The molecule has 0 heterocycles. The third-order valence-corrected chi connectivity index (χ3v) is 2.93. The Labute approximate surface area is 118 Å². The monoisotopic (exact) mass is 264 g/mol. The largest absolute Gasteiger partial charge is 0.494 e. The van der Waals surface area contributed by atoms with Crippen molar-refractivity contribution in [1.82, 2.24) is 10.2 Å². The smallest absolute Gasteiger partial charge is 0.119 e. The van der Waals surface area contributed by atoms with Crippen LogP contribution in [-0.4, -0.2) is 38.7 Å². The van der Waals surface area contributed by atoms with Gasteiger partial charge in [-0.2, -0.15) is 0 Å². The summed E-state index contributed by atoms with van der Waals surface area (Å²) in [5, 5.41) is 3.48. The first-order chi connectivity index (χ1) is 9.22. The van der Waals surface area contributed by atoms with Gasteiger partial charge in [0.25, 0.3) is 0 Å². The summed E-state index contributed by atoms with van der Waals surface area (Å²) in [4.78, 5) is 2.23. The average Bonchev–Trinajstić information content (AvgIpc) is 2.41. The molecule has 0 fully saturated rings. The molecule has 0 atom stereocenters. The lowest BCUT2D eigenvalue weighted by molar-refractivity contribution is 0.317. The van der Waals surface area contributed by atoms with Gasteiger partial charge in [0.1, 0.15) is 5.75 Å². The Morgan fingerprint density at radius 1 is 1.11 bits per heavy atom. The SMILES string of the molecule is CCCOc1ccc(CNCCCCN(C)C)cc1.